The van der Waals surface area contributed by atoms with Crippen LogP contribution >= 0.6 is 0 Å². The second kappa shape index (κ2) is 5.38. The molecule has 0 amide bonds. The second-order valence-electron chi connectivity index (χ2n) is 3.92. The molecule has 2 rings (SSSR count). The molecule has 0 aromatic heterocycles. The fourth-order valence-corrected chi connectivity index (χ4v) is 2.70. The van der Waals surface area contributed by atoms with Gasteiger partial charge in [0.05, 0.1) is 17.2 Å². The van der Waals surface area contributed by atoms with Gasteiger partial charge in [-0.25, -0.2) is 12.8 Å². The average molecular weight is 281 g/mol. The molecular formula is C13H12FNO3S. The molecule has 0 radical (unpaired) electrons. The normalized spacial score (nSPS) is 11.3. The van der Waals surface area contributed by atoms with E-state index in [0.29, 0.717) is 5.56 Å². The summed E-state index contributed by atoms with van der Waals surface area (Å²) in [5, 5.41) is 8.99. The third-order valence-electron chi connectivity index (χ3n) is 2.47. The van der Waals surface area contributed by atoms with Crippen molar-refractivity contribution in [2.45, 2.75) is 11.5 Å². The van der Waals surface area contributed by atoms with Crippen LogP contribution in [-0.2, 0) is 16.6 Å². The molecule has 0 atom stereocenters. The molecule has 2 aromatic carbocycles. The summed E-state index contributed by atoms with van der Waals surface area (Å²) in [6.45, 7) is -0.247. The molecule has 0 bridgehead atoms. The van der Waals surface area contributed by atoms with Gasteiger partial charge in [-0.1, -0.05) is 18.2 Å². The van der Waals surface area contributed by atoms with Gasteiger partial charge in [0.15, 0.2) is 0 Å². The maximum atomic E-state index is 13.0. The summed E-state index contributed by atoms with van der Waals surface area (Å²) >= 11 is 0. The van der Waals surface area contributed by atoms with Crippen LogP contribution in [0.4, 0.5) is 10.1 Å². The first-order chi connectivity index (χ1) is 9.01. The molecule has 0 unspecified atom stereocenters. The van der Waals surface area contributed by atoms with E-state index in [1.165, 1.54) is 36.4 Å². The first kappa shape index (κ1) is 13.5. The molecule has 4 nitrogen and oxygen atoms in total. The molecule has 19 heavy (non-hydrogen) atoms. The zero-order valence-electron chi connectivity index (χ0n) is 9.88. The Kier molecular flexibility index (Phi) is 3.82. The fourth-order valence-electron chi connectivity index (χ4n) is 1.58. The van der Waals surface area contributed by atoms with Gasteiger partial charge in [-0.15, -0.1) is 0 Å². The number of anilines is 1. The Morgan fingerprint density at radius 3 is 2.53 bits per heavy atom. The molecule has 100 valence electrons. The van der Waals surface area contributed by atoms with Crippen LogP contribution in [0.5, 0.6) is 0 Å². The minimum atomic E-state index is -3.79. The zero-order chi connectivity index (χ0) is 13.9. The van der Waals surface area contributed by atoms with Crippen molar-refractivity contribution < 1.29 is 17.9 Å². The molecule has 2 N–H and O–H groups in total. The summed E-state index contributed by atoms with van der Waals surface area (Å²) in [5.41, 5.74) is 0.636. The summed E-state index contributed by atoms with van der Waals surface area (Å²) in [5.74, 6) is -0.524. The number of halogens is 1. The van der Waals surface area contributed by atoms with Gasteiger partial charge in [-0.2, -0.15) is 0 Å². The lowest BCUT2D eigenvalue weighted by molar-refractivity contribution is 0.281. The maximum Gasteiger partial charge on any atom is 0.261 e. The number of rotatable bonds is 4. The van der Waals surface area contributed by atoms with Crippen LogP contribution in [0.15, 0.2) is 53.4 Å². The molecule has 6 heteroatoms. The van der Waals surface area contributed by atoms with Crippen LogP contribution in [0.3, 0.4) is 0 Å². The van der Waals surface area contributed by atoms with Gasteiger partial charge >= 0.3 is 0 Å². The highest BCUT2D eigenvalue weighted by molar-refractivity contribution is 7.92. The molecule has 0 fully saturated rings. The number of benzene rings is 2. The Balaban J connectivity index is 2.32. The Morgan fingerprint density at radius 1 is 1.11 bits per heavy atom. The van der Waals surface area contributed by atoms with Crippen LogP contribution in [0.25, 0.3) is 0 Å². The Bertz CT molecular complexity index is 686. The van der Waals surface area contributed by atoms with Crippen molar-refractivity contribution in [2.24, 2.45) is 0 Å². The topological polar surface area (TPSA) is 66.4 Å². The van der Waals surface area contributed by atoms with E-state index < -0.39 is 15.8 Å². The number of hydrogen-bond donors (Lipinski definition) is 2. The van der Waals surface area contributed by atoms with Gasteiger partial charge in [0.2, 0.25) is 0 Å². The summed E-state index contributed by atoms with van der Waals surface area (Å²) in [6.07, 6.45) is 0. The minimum Gasteiger partial charge on any atom is -0.392 e. The number of nitrogens with one attached hydrogen (secondary N) is 1. The molecular weight excluding hydrogens is 269 g/mol. The van der Waals surface area contributed by atoms with Crippen molar-refractivity contribution in [2.75, 3.05) is 4.72 Å². The minimum absolute atomic E-state index is 0.0170. The Morgan fingerprint density at radius 2 is 1.84 bits per heavy atom. The molecule has 0 saturated heterocycles. The first-order valence-electron chi connectivity index (χ1n) is 5.49. The van der Waals surface area contributed by atoms with Gasteiger partial charge in [0.25, 0.3) is 10.0 Å². The molecule has 0 aliphatic rings. The lowest BCUT2D eigenvalue weighted by atomic mass is 10.2. The van der Waals surface area contributed by atoms with Crippen molar-refractivity contribution in [1.82, 2.24) is 0 Å². The predicted octanol–water partition coefficient (Wildman–Crippen LogP) is 2.12. The molecule has 0 aliphatic carbocycles. The lowest BCUT2D eigenvalue weighted by Crippen LogP contribution is -2.13. The number of aliphatic hydroxyl groups is 1. The second-order valence-corrected chi connectivity index (χ2v) is 5.60. The van der Waals surface area contributed by atoms with E-state index in [1.807, 2.05) is 0 Å². The number of sulfonamides is 1. The van der Waals surface area contributed by atoms with E-state index in [-0.39, 0.29) is 17.2 Å². The Labute approximate surface area is 110 Å². The monoisotopic (exact) mass is 281 g/mol. The van der Waals surface area contributed by atoms with Crippen LogP contribution < -0.4 is 4.72 Å². The molecule has 2 aromatic rings. The van der Waals surface area contributed by atoms with E-state index in [4.69, 9.17) is 5.11 Å². The summed E-state index contributed by atoms with van der Waals surface area (Å²) in [7, 11) is -3.79. The van der Waals surface area contributed by atoms with Gasteiger partial charge in [-0.3, -0.25) is 4.72 Å². The van der Waals surface area contributed by atoms with Crippen molar-refractivity contribution in [3.8, 4) is 0 Å². The van der Waals surface area contributed by atoms with Crippen molar-refractivity contribution in [1.29, 1.82) is 0 Å². The highest BCUT2D eigenvalue weighted by Crippen LogP contribution is 2.17. The van der Waals surface area contributed by atoms with E-state index in [1.54, 1.807) is 6.07 Å². The van der Waals surface area contributed by atoms with Gasteiger partial charge < -0.3 is 5.11 Å². The number of hydrogen-bond acceptors (Lipinski definition) is 3. The maximum absolute atomic E-state index is 13.0. The van der Waals surface area contributed by atoms with Crippen molar-refractivity contribution in [3.63, 3.8) is 0 Å². The quantitative estimate of drug-likeness (QED) is 0.902. The summed E-state index contributed by atoms with van der Waals surface area (Å²) in [4.78, 5) is 0.0170. The van der Waals surface area contributed by atoms with E-state index >= 15 is 0 Å². The van der Waals surface area contributed by atoms with E-state index in [0.717, 1.165) is 6.07 Å². The summed E-state index contributed by atoms with van der Waals surface area (Å²) < 4.78 is 39.4. The van der Waals surface area contributed by atoms with Crippen LogP contribution in [0.2, 0.25) is 0 Å². The van der Waals surface area contributed by atoms with Crippen LogP contribution in [-0.4, -0.2) is 13.5 Å². The average Bonchev–Trinajstić information content (AvgIpc) is 2.38. The van der Waals surface area contributed by atoms with Crippen molar-refractivity contribution >= 4 is 15.7 Å². The van der Waals surface area contributed by atoms with Crippen LogP contribution in [0, 0.1) is 5.82 Å². The van der Waals surface area contributed by atoms with E-state index in [9.17, 15) is 12.8 Å². The molecule has 0 heterocycles. The predicted molar refractivity (Wildman–Crippen MR) is 69.6 cm³/mol. The largest absolute Gasteiger partial charge is 0.392 e. The molecule has 0 spiro atoms. The number of aliphatic hydroxyl groups excluding tert-OH is 1. The molecule has 0 saturated carbocycles. The SMILES string of the molecule is O=S(=O)(Nc1cccc(F)c1)c1cccc(CO)c1. The molecule has 0 aliphatic heterocycles. The lowest BCUT2D eigenvalue weighted by Gasteiger charge is -2.08. The first-order valence-corrected chi connectivity index (χ1v) is 6.98. The van der Waals surface area contributed by atoms with Gasteiger partial charge in [-0.05, 0) is 35.9 Å². The zero-order valence-corrected chi connectivity index (χ0v) is 10.7. The standard InChI is InChI=1S/C13H12FNO3S/c14-11-4-2-5-12(8-11)15-19(17,18)13-6-1-3-10(7-13)9-16/h1-8,15-16H,9H2. The third kappa shape index (κ3) is 3.30. The van der Waals surface area contributed by atoms with Crippen LogP contribution in [0.1, 0.15) is 5.56 Å². The highest BCUT2D eigenvalue weighted by Gasteiger charge is 2.14. The van der Waals surface area contributed by atoms with Crippen molar-refractivity contribution in [3.05, 3.63) is 59.9 Å². The highest BCUT2D eigenvalue weighted by atomic mass is 32.2. The summed E-state index contributed by atoms with van der Waals surface area (Å²) in [6, 6.07) is 11.1. The third-order valence-corrected chi connectivity index (χ3v) is 3.85. The van der Waals surface area contributed by atoms with Gasteiger partial charge in [0, 0.05) is 0 Å². The van der Waals surface area contributed by atoms with E-state index in [2.05, 4.69) is 4.72 Å². The smallest absolute Gasteiger partial charge is 0.261 e. The Hall–Kier alpha value is -1.92. The van der Waals surface area contributed by atoms with Gasteiger partial charge in [0.1, 0.15) is 5.82 Å². The fraction of sp³-hybridized carbons (Fsp3) is 0.0769.